The molecule has 0 aromatic heterocycles. The van der Waals surface area contributed by atoms with Crippen LogP contribution in [0, 0.1) is 0 Å². The van der Waals surface area contributed by atoms with Gasteiger partial charge in [-0.1, -0.05) is 0 Å². The lowest BCUT2D eigenvalue weighted by Gasteiger charge is -1.99. The first-order valence-corrected chi connectivity index (χ1v) is 4.43. The first-order chi connectivity index (χ1) is 5.70. The van der Waals surface area contributed by atoms with Crippen molar-refractivity contribution in [3.05, 3.63) is 11.8 Å². The topological polar surface area (TPSA) is 52.3 Å². The molecule has 0 spiro atoms. The van der Waals surface area contributed by atoms with Gasteiger partial charge in [0.1, 0.15) is 0 Å². The molecule has 0 saturated heterocycles. The number of ether oxygens (including phenoxy) is 1. The summed E-state index contributed by atoms with van der Waals surface area (Å²) in [7, 11) is 0. The van der Waals surface area contributed by atoms with E-state index in [9.17, 15) is 4.79 Å². The first kappa shape index (κ1) is 11.3. The second-order valence-corrected chi connectivity index (χ2v) is 2.64. The highest BCUT2D eigenvalue weighted by Crippen LogP contribution is 1.99. The van der Waals surface area contributed by atoms with Gasteiger partial charge in [0, 0.05) is 17.7 Å². The van der Waals surface area contributed by atoms with Crippen molar-refractivity contribution < 1.29 is 9.53 Å². The molecule has 0 amide bonds. The standard InChI is InChI=1S/C8H14ClNO2/c1-2-12-8(11)6-7(10)4-3-5-9/h6H,2-5,10H2,1H3/b7-6-. The van der Waals surface area contributed by atoms with Gasteiger partial charge in [-0.2, -0.15) is 0 Å². The normalized spacial score (nSPS) is 11.3. The van der Waals surface area contributed by atoms with Crippen LogP contribution in [-0.4, -0.2) is 18.5 Å². The summed E-state index contributed by atoms with van der Waals surface area (Å²) >= 11 is 5.44. The number of carbonyl (C=O) groups excluding carboxylic acids is 1. The van der Waals surface area contributed by atoms with Crippen LogP contribution >= 0.6 is 11.6 Å². The van der Waals surface area contributed by atoms with Crippen molar-refractivity contribution in [3.63, 3.8) is 0 Å². The number of hydrogen-bond acceptors (Lipinski definition) is 3. The average molecular weight is 192 g/mol. The minimum Gasteiger partial charge on any atom is -0.463 e. The Morgan fingerprint density at radius 3 is 2.83 bits per heavy atom. The van der Waals surface area contributed by atoms with E-state index in [1.54, 1.807) is 6.92 Å². The number of carbonyl (C=O) groups is 1. The summed E-state index contributed by atoms with van der Waals surface area (Å²) < 4.78 is 4.66. The van der Waals surface area contributed by atoms with Gasteiger partial charge in [0.2, 0.25) is 0 Å². The molecule has 0 fully saturated rings. The number of hydrogen-bond donors (Lipinski definition) is 1. The van der Waals surface area contributed by atoms with Gasteiger partial charge >= 0.3 is 5.97 Å². The third kappa shape index (κ3) is 6.04. The lowest BCUT2D eigenvalue weighted by Crippen LogP contribution is -2.05. The van der Waals surface area contributed by atoms with E-state index in [2.05, 4.69) is 4.74 Å². The van der Waals surface area contributed by atoms with E-state index in [4.69, 9.17) is 17.3 Å². The molecule has 0 rings (SSSR count). The van der Waals surface area contributed by atoms with Crippen molar-refractivity contribution >= 4 is 17.6 Å². The van der Waals surface area contributed by atoms with Crippen LogP contribution in [0.4, 0.5) is 0 Å². The van der Waals surface area contributed by atoms with E-state index in [-0.39, 0.29) is 5.97 Å². The zero-order valence-corrected chi connectivity index (χ0v) is 7.93. The minimum absolute atomic E-state index is 0.373. The highest BCUT2D eigenvalue weighted by molar-refractivity contribution is 6.17. The Hall–Kier alpha value is -0.700. The maximum atomic E-state index is 10.8. The first-order valence-electron chi connectivity index (χ1n) is 3.89. The molecule has 0 aliphatic carbocycles. The summed E-state index contributed by atoms with van der Waals surface area (Å²) in [5.41, 5.74) is 6.01. The largest absolute Gasteiger partial charge is 0.463 e. The highest BCUT2D eigenvalue weighted by Gasteiger charge is 1.97. The fourth-order valence-electron chi connectivity index (χ4n) is 0.678. The van der Waals surface area contributed by atoms with E-state index in [0.717, 1.165) is 6.42 Å². The quantitative estimate of drug-likeness (QED) is 0.406. The molecule has 0 bridgehead atoms. The maximum Gasteiger partial charge on any atom is 0.332 e. The van der Waals surface area contributed by atoms with Gasteiger partial charge in [-0.3, -0.25) is 0 Å². The molecule has 0 aliphatic rings. The van der Waals surface area contributed by atoms with Crippen LogP contribution < -0.4 is 5.73 Å². The lowest BCUT2D eigenvalue weighted by molar-refractivity contribution is -0.137. The number of nitrogens with two attached hydrogens (primary N) is 1. The molecule has 0 aromatic rings. The Balaban J connectivity index is 3.72. The fraction of sp³-hybridized carbons (Fsp3) is 0.625. The molecule has 0 unspecified atom stereocenters. The molecule has 0 saturated carbocycles. The van der Waals surface area contributed by atoms with Crippen molar-refractivity contribution in [3.8, 4) is 0 Å². The van der Waals surface area contributed by atoms with Crippen LogP contribution in [0.2, 0.25) is 0 Å². The van der Waals surface area contributed by atoms with Crippen LogP contribution in [0.25, 0.3) is 0 Å². The van der Waals surface area contributed by atoms with Crippen LogP contribution in [0.15, 0.2) is 11.8 Å². The minimum atomic E-state index is -0.385. The van der Waals surface area contributed by atoms with Crippen LogP contribution in [0.3, 0.4) is 0 Å². The third-order valence-corrected chi connectivity index (χ3v) is 1.46. The van der Waals surface area contributed by atoms with Crippen molar-refractivity contribution in [1.29, 1.82) is 0 Å². The van der Waals surface area contributed by atoms with Crippen molar-refractivity contribution in [1.82, 2.24) is 0 Å². The molecule has 0 aromatic carbocycles. The number of alkyl halides is 1. The number of halogens is 1. The third-order valence-electron chi connectivity index (χ3n) is 1.19. The molecular weight excluding hydrogens is 178 g/mol. The highest BCUT2D eigenvalue weighted by atomic mass is 35.5. The van der Waals surface area contributed by atoms with Gasteiger partial charge in [-0.05, 0) is 19.8 Å². The Labute approximate surface area is 77.5 Å². The molecule has 0 atom stereocenters. The number of rotatable bonds is 5. The molecule has 0 heterocycles. The zero-order chi connectivity index (χ0) is 9.40. The van der Waals surface area contributed by atoms with Crippen molar-refractivity contribution in [2.45, 2.75) is 19.8 Å². The Bertz CT molecular complexity index is 168. The second kappa shape index (κ2) is 6.98. The maximum absolute atomic E-state index is 10.8. The van der Waals surface area contributed by atoms with Gasteiger partial charge < -0.3 is 10.5 Å². The summed E-state index contributed by atoms with van der Waals surface area (Å²) in [5, 5.41) is 0. The van der Waals surface area contributed by atoms with E-state index in [1.165, 1.54) is 6.08 Å². The smallest absolute Gasteiger partial charge is 0.332 e. The predicted molar refractivity (Wildman–Crippen MR) is 48.9 cm³/mol. The fourth-order valence-corrected chi connectivity index (χ4v) is 0.812. The molecule has 2 N–H and O–H groups in total. The van der Waals surface area contributed by atoms with E-state index < -0.39 is 0 Å². The van der Waals surface area contributed by atoms with Gasteiger partial charge in [0.05, 0.1) is 6.61 Å². The van der Waals surface area contributed by atoms with Crippen molar-refractivity contribution in [2.75, 3.05) is 12.5 Å². The van der Waals surface area contributed by atoms with E-state index >= 15 is 0 Å². The van der Waals surface area contributed by atoms with E-state index in [0.29, 0.717) is 24.6 Å². The second-order valence-electron chi connectivity index (χ2n) is 2.26. The summed E-state index contributed by atoms with van der Waals surface area (Å²) in [6.07, 6.45) is 2.72. The summed E-state index contributed by atoms with van der Waals surface area (Å²) in [4.78, 5) is 10.8. The Morgan fingerprint density at radius 2 is 2.33 bits per heavy atom. The summed E-state index contributed by atoms with van der Waals surface area (Å²) in [6, 6.07) is 0. The SMILES string of the molecule is CCOC(=O)/C=C(\N)CCCCl. The van der Waals surface area contributed by atoms with Crippen LogP contribution in [0.1, 0.15) is 19.8 Å². The molecule has 12 heavy (non-hydrogen) atoms. The van der Waals surface area contributed by atoms with Crippen LogP contribution in [0.5, 0.6) is 0 Å². The average Bonchev–Trinajstić information content (AvgIpc) is 2.01. The molecule has 3 nitrogen and oxygen atoms in total. The molecule has 0 aliphatic heterocycles. The van der Waals surface area contributed by atoms with Crippen LogP contribution in [-0.2, 0) is 9.53 Å². The summed E-state index contributed by atoms with van der Waals surface area (Å²) in [6.45, 7) is 2.12. The number of allylic oxidation sites excluding steroid dienone is 1. The zero-order valence-electron chi connectivity index (χ0n) is 7.18. The van der Waals surface area contributed by atoms with Gasteiger partial charge in [-0.25, -0.2) is 4.79 Å². The Kier molecular flexibility index (Phi) is 6.57. The van der Waals surface area contributed by atoms with Gasteiger partial charge in [0.15, 0.2) is 0 Å². The van der Waals surface area contributed by atoms with E-state index in [1.807, 2.05) is 0 Å². The molecule has 0 radical (unpaired) electrons. The lowest BCUT2D eigenvalue weighted by atomic mass is 10.2. The molecular formula is C8H14ClNO2. The summed E-state index contributed by atoms with van der Waals surface area (Å²) in [5.74, 6) is 0.168. The Morgan fingerprint density at radius 1 is 1.67 bits per heavy atom. The monoisotopic (exact) mass is 191 g/mol. The van der Waals surface area contributed by atoms with Gasteiger partial charge in [0.25, 0.3) is 0 Å². The number of esters is 1. The van der Waals surface area contributed by atoms with Crippen molar-refractivity contribution in [2.24, 2.45) is 5.73 Å². The molecule has 70 valence electrons. The molecule has 4 heteroatoms. The predicted octanol–water partition coefficient (Wildman–Crippen LogP) is 1.41. The van der Waals surface area contributed by atoms with Gasteiger partial charge in [-0.15, -0.1) is 11.6 Å².